The summed E-state index contributed by atoms with van der Waals surface area (Å²) in [6.07, 6.45) is 8.78. The Hall–Kier alpha value is -1.27. The van der Waals surface area contributed by atoms with Crippen LogP contribution in [0.15, 0.2) is 36.4 Å². The van der Waals surface area contributed by atoms with Gasteiger partial charge in [0.2, 0.25) is 0 Å². The Morgan fingerprint density at radius 3 is 2.91 bits per heavy atom. The first-order chi connectivity index (χ1) is 10.6. The molecule has 0 N–H and O–H groups in total. The first-order valence-corrected chi connectivity index (χ1v) is 8.90. The average Bonchev–Trinajstić information content (AvgIpc) is 2.69. The maximum absolute atomic E-state index is 6.46. The number of fused-ring (bicyclic) bond motifs is 2. The molecule has 0 aliphatic heterocycles. The van der Waals surface area contributed by atoms with E-state index >= 15 is 0 Å². The highest BCUT2D eigenvalue weighted by Crippen LogP contribution is 2.49. The van der Waals surface area contributed by atoms with Gasteiger partial charge in [-0.15, -0.1) is 0 Å². The van der Waals surface area contributed by atoms with E-state index in [0.29, 0.717) is 11.3 Å². The van der Waals surface area contributed by atoms with Crippen molar-refractivity contribution in [1.29, 1.82) is 0 Å². The van der Waals surface area contributed by atoms with Gasteiger partial charge in [-0.1, -0.05) is 62.2 Å². The summed E-state index contributed by atoms with van der Waals surface area (Å²) >= 11 is 6.46. The zero-order valence-electron chi connectivity index (χ0n) is 13.5. The second-order valence-electron chi connectivity index (χ2n) is 7.40. The zero-order chi connectivity index (χ0) is 15.3. The molecule has 0 radical (unpaired) electrons. The molecule has 0 heterocycles. The van der Waals surface area contributed by atoms with Crippen LogP contribution in [0.2, 0.25) is 5.02 Å². The largest absolute Gasteiger partial charge is 0.0837 e. The van der Waals surface area contributed by atoms with E-state index in [0.717, 1.165) is 5.02 Å². The molecule has 0 aromatic heterocycles. The molecule has 2 atom stereocenters. The molecule has 1 heteroatoms. The van der Waals surface area contributed by atoms with Crippen molar-refractivity contribution in [3.05, 3.63) is 52.6 Å². The molecule has 0 amide bonds. The number of hydrogen-bond acceptors (Lipinski definition) is 0. The van der Waals surface area contributed by atoms with Crippen LogP contribution < -0.4 is 0 Å². The van der Waals surface area contributed by atoms with Crippen LogP contribution in [0.5, 0.6) is 0 Å². The van der Waals surface area contributed by atoms with E-state index in [1.165, 1.54) is 54.0 Å². The molecule has 2 aromatic rings. The van der Waals surface area contributed by atoms with Gasteiger partial charge in [0.25, 0.3) is 0 Å². The molecular weight excluding hydrogens is 288 g/mol. The highest BCUT2D eigenvalue weighted by Gasteiger charge is 2.34. The molecule has 0 saturated carbocycles. The van der Waals surface area contributed by atoms with E-state index in [9.17, 15) is 0 Å². The lowest BCUT2D eigenvalue weighted by atomic mass is 9.68. The summed E-state index contributed by atoms with van der Waals surface area (Å²) in [5.41, 5.74) is 4.98. The van der Waals surface area contributed by atoms with E-state index in [1.807, 2.05) is 0 Å². The van der Waals surface area contributed by atoms with Gasteiger partial charge < -0.3 is 0 Å². The van der Waals surface area contributed by atoms with E-state index in [4.69, 9.17) is 11.6 Å². The van der Waals surface area contributed by atoms with E-state index in [2.05, 4.69) is 50.3 Å². The van der Waals surface area contributed by atoms with Crippen LogP contribution in [-0.2, 0) is 6.42 Å². The molecule has 2 aliphatic carbocycles. The van der Waals surface area contributed by atoms with Crippen LogP contribution in [0.3, 0.4) is 0 Å². The molecule has 0 saturated heterocycles. The van der Waals surface area contributed by atoms with Crippen molar-refractivity contribution in [2.75, 3.05) is 0 Å². The number of rotatable bonds is 1. The fraction of sp³-hybridized carbons (Fsp3) is 0.429. The summed E-state index contributed by atoms with van der Waals surface area (Å²) in [6, 6.07) is 11.0. The third-order valence-electron chi connectivity index (χ3n) is 5.99. The number of benzene rings is 2. The first kappa shape index (κ1) is 14.3. The van der Waals surface area contributed by atoms with Gasteiger partial charge in [0, 0.05) is 10.4 Å². The number of hydrogen-bond donors (Lipinski definition) is 0. The van der Waals surface area contributed by atoms with Gasteiger partial charge in [-0.2, -0.15) is 0 Å². The summed E-state index contributed by atoms with van der Waals surface area (Å²) < 4.78 is 0. The van der Waals surface area contributed by atoms with Crippen molar-refractivity contribution in [1.82, 2.24) is 0 Å². The second-order valence-corrected chi connectivity index (χ2v) is 7.81. The second kappa shape index (κ2) is 5.13. The minimum Gasteiger partial charge on any atom is -0.0837 e. The topological polar surface area (TPSA) is 0 Å². The molecule has 2 aliphatic rings. The summed E-state index contributed by atoms with van der Waals surface area (Å²) in [5.74, 6) is 0.704. The predicted molar refractivity (Wildman–Crippen MR) is 96.4 cm³/mol. The highest BCUT2D eigenvalue weighted by atomic mass is 35.5. The minimum absolute atomic E-state index is 0.482. The molecule has 22 heavy (non-hydrogen) atoms. The van der Waals surface area contributed by atoms with Crippen molar-refractivity contribution in [2.45, 2.75) is 46.0 Å². The third kappa shape index (κ3) is 2.12. The standard InChI is InChI=1S/C21H23Cl/c1-3-21(2)12-11-16-15(13-21)8-7-14-9-10-19(22)18-6-4-5-17(16)20(14)18/h4-6,9-11,15H,3,7-8,12-13H2,1-2H3. The molecule has 0 bridgehead atoms. The van der Waals surface area contributed by atoms with Crippen LogP contribution in [0.4, 0.5) is 0 Å². The van der Waals surface area contributed by atoms with Gasteiger partial charge in [0.15, 0.2) is 0 Å². The molecule has 2 unspecified atom stereocenters. The monoisotopic (exact) mass is 310 g/mol. The van der Waals surface area contributed by atoms with Crippen LogP contribution in [-0.4, -0.2) is 0 Å². The van der Waals surface area contributed by atoms with Gasteiger partial charge in [-0.25, -0.2) is 0 Å². The van der Waals surface area contributed by atoms with Crippen molar-refractivity contribution in [3.63, 3.8) is 0 Å². The van der Waals surface area contributed by atoms with E-state index in [-0.39, 0.29) is 0 Å². The van der Waals surface area contributed by atoms with E-state index in [1.54, 1.807) is 5.57 Å². The van der Waals surface area contributed by atoms with Gasteiger partial charge in [0.1, 0.15) is 0 Å². The predicted octanol–water partition coefficient (Wildman–Crippen LogP) is 6.65. The smallest absolute Gasteiger partial charge is 0.0484 e. The maximum atomic E-state index is 6.46. The molecule has 0 spiro atoms. The number of allylic oxidation sites excluding steroid dienone is 2. The Kier molecular flexibility index (Phi) is 3.34. The van der Waals surface area contributed by atoms with Crippen molar-refractivity contribution < 1.29 is 0 Å². The Bertz CT molecular complexity index is 771. The molecule has 0 fully saturated rings. The lowest BCUT2D eigenvalue weighted by molar-refractivity contribution is 0.240. The highest BCUT2D eigenvalue weighted by molar-refractivity contribution is 6.36. The lowest BCUT2D eigenvalue weighted by Gasteiger charge is -2.37. The van der Waals surface area contributed by atoms with Gasteiger partial charge in [-0.05, 0) is 65.2 Å². The normalized spacial score (nSPS) is 27.2. The van der Waals surface area contributed by atoms with Crippen LogP contribution in [0.1, 0.15) is 50.7 Å². The summed E-state index contributed by atoms with van der Waals surface area (Å²) in [4.78, 5) is 0. The Morgan fingerprint density at radius 1 is 1.23 bits per heavy atom. The summed E-state index contributed by atoms with van der Waals surface area (Å²) in [6.45, 7) is 4.79. The fourth-order valence-electron chi connectivity index (χ4n) is 4.41. The quantitative estimate of drug-likeness (QED) is 0.553. The molecule has 0 nitrogen and oxygen atoms in total. The average molecular weight is 311 g/mol. The van der Waals surface area contributed by atoms with Crippen molar-refractivity contribution in [3.8, 4) is 0 Å². The van der Waals surface area contributed by atoms with Crippen LogP contribution in [0.25, 0.3) is 16.3 Å². The SMILES string of the molecule is CCC1(C)CC=C2c3cccc4c(Cl)ccc(c34)CCC2C1. The first-order valence-electron chi connectivity index (χ1n) is 8.52. The summed E-state index contributed by atoms with van der Waals surface area (Å²) in [7, 11) is 0. The lowest BCUT2D eigenvalue weighted by Crippen LogP contribution is -2.24. The molecule has 114 valence electrons. The zero-order valence-corrected chi connectivity index (χ0v) is 14.2. The third-order valence-corrected chi connectivity index (χ3v) is 6.32. The van der Waals surface area contributed by atoms with Crippen molar-refractivity contribution >= 4 is 27.9 Å². The molecule has 4 rings (SSSR count). The summed E-state index contributed by atoms with van der Waals surface area (Å²) in [5, 5.41) is 3.51. The van der Waals surface area contributed by atoms with Crippen molar-refractivity contribution in [2.24, 2.45) is 11.3 Å². The fourth-order valence-corrected chi connectivity index (χ4v) is 4.63. The van der Waals surface area contributed by atoms with Gasteiger partial charge >= 0.3 is 0 Å². The van der Waals surface area contributed by atoms with Gasteiger partial charge in [0.05, 0.1) is 0 Å². The Balaban J connectivity index is 1.94. The minimum atomic E-state index is 0.482. The number of halogens is 1. The Labute approximate surface area is 138 Å². The maximum Gasteiger partial charge on any atom is 0.0484 e. The molecular formula is C21H23Cl. The number of aryl methyl sites for hydroxylation is 1. The molecule has 2 aromatic carbocycles. The Morgan fingerprint density at radius 2 is 2.09 bits per heavy atom. The van der Waals surface area contributed by atoms with Crippen LogP contribution in [0, 0.1) is 11.3 Å². The van der Waals surface area contributed by atoms with Gasteiger partial charge in [-0.3, -0.25) is 0 Å². The van der Waals surface area contributed by atoms with E-state index < -0.39 is 0 Å². The van der Waals surface area contributed by atoms with Crippen LogP contribution >= 0.6 is 11.6 Å².